The molecule has 1 aliphatic carbocycles. The van der Waals surface area contributed by atoms with Gasteiger partial charge in [-0.1, -0.05) is 32.6 Å². The predicted octanol–water partition coefficient (Wildman–Crippen LogP) is 2.96. The van der Waals surface area contributed by atoms with Crippen LogP contribution in [0.3, 0.4) is 0 Å². The van der Waals surface area contributed by atoms with Gasteiger partial charge in [-0.3, -0.25) is 0 Å². The molecule has 0 aromatic carbocycles. The van der Waals surface area contributed by atoms with E-state index in [0.29, 0.717) is 0 Å². The predicted molar refractivity (Wildman–Crippen MR) is 70.8 cm³/mol. The first-order chi connectivity index (χ1) is 8.40. The first-order valence-electron chi connectivity index (χ1n) is 7.10. The van der Waals surface area contributed by atoms with Crippen LogP contribution in [0.2, 0.25) is 0 Å². The quantitative estimate of drug-likeness (QED) is 0.736. The first-order valence-corrected chi connectivity index (χ1v) is 7.10. The summed E-state index contributed by atoms with van der Waals surface area (Å²) in [6.45, 7) is 5.39. The van der Waals surface area contributed by atoms with Crippen LogP contribution in [-0.2, 0) is 13.1 Å². The highest BCUT2D eigenvalue weighted by atomic mass is 15.1. The lowest BCUT2D eigenvalue weighted by Crippen LogP contribution is -2.17. The molecule has 0 unspecified atom stereocenters. The van der Waals surface area contributed by atoms with Crippen molar-refractivity contribution in [2.24, 2.45) is 5.92 Å². The van der Waals surface area contributed by atoms with Gasteiger partial charge in [-0.15, -0.1) is 0 Å². The molecular weight excluding hydrogens is 210 g/mol. The fraction of sp³-hybridized carbons (Fsp3) is 0.786. The van der Waals surface area contributed by atoms with Crippen LogP contribution in [0.4, 0.5) is 0 Å². The third-order valence-electron chi connectivity index (χ3n) is 3.78. The molecule has 0 aliphatic heterocycles. The zero-order chi connectivity index (χ0) is 11.9. The molecule has 0 bridgehead atoms. The number of nitrogens with zero attached hydrogens (tertiary/aromatic N) is 2. The molecule has 0 saturated heterocycles. The molecule has 3 nitrogen and oxygen atoms in total. The molecule has 2 rings (SSSR count). The summed E-state index contributed by atoms with van der Waals surface area (Å²) in [6.07, 6.45) is 12.3. The maximum absolute atomic E-state index is 4.27. The highest BCUT2D eigenvalue weighted by Gasteiger charge is 2.14. The number of hydrogen-bond acceptors (Lipinski definition) is 2. The lowest BCUT2D eigenvalue weighted by molar-refractivity contribution is 0.450. The Morgan fingerprint density at radius 2 is 2.24 bits per heavy atom. The van der Waals surface area contributed by atoms with Crippen LogP contribution >= 0.6 is 0 Å². The molecule has 0 atom stereocenters. The van der Waals surface area contributed by atoms with Crippen molar-refractivity contribution in [3.05, 3.63) is 18.2 Å². The van der Waals surface area contributed by atoms with E-state index in [1.165, 1.54) is 44.2 Å². The second kappa shape index (κ2) is 6.80. The Bertz CT molecular complexity index is 313. The van der Waals surface area contributed by atoms with Gasteiger partial charge in [0, 0.05) is 19.3 Å². The van der Waals surface area contributed by atoms with Crippen molar-refractivity contribution >= 4 is 0 Å². The Labute approximate surface area is 105 Å². The second-order valence-corrected chi connectivity index (χ2v) is 5.19. The number of hydrogen-bond donors (Lipinski definition) is 1. The van der Waals surface area contributed by atoms with Crippen LogP contribution in [-0.4, -0.2) is 16.1 Å². The fourth-order valence-electron chi connectivity index (χ4n) is 2.71. The molecule has 0 spiro atoms. The summed E-state index contributed by atoms with van der Waals surface area (Å²) in [5.41, 5.74) is 1.33. The number of aromatic nitrogens is 2. The Kier molecular flexibility index (Phi) is 5.05. The van der Waals surface area contributed by atoms with Crippen molar-refractivity contribution in [3.63, 3.8) is 0 Å². The van der Waals surface area contributed by atoms with E-state index < -0.39 is 0 Å². The molecule has 17 heavy (non-hydrogen) atoms. The van der Waals surface area contributed by atoms with E-state index in [0.717, 1.165) is 25.6 Å². The van der Waals surface area contributed by atoms with Crippen molar-refractivity contribution in [2.75, 3.05) is 6.54 Å². The third kappa shape index (κ3) is 3.84. The lowest BCUT2D eigenvalue weighted by Gasteiger charge is -2.12. The minimum Gasteiger partial charge on any atom is -0.333 e. The summed E-state index contributed by atoms with van der Waals surface area (Å²) >= 11 is 0. The lowest BCUT2D eigenvalue weighted by atomic mass is 10.0. The van der Waals surface area contributed by atoms with Crippen LogP contribution in [0.5, 0.6) is 0 Å². The molecule has 1 aromatic rings. The zero-order valence-electron chi connectivity index (χ0n) is 11.0. The van der Waals surface area contributed by atoms with Gasteiger partial charge in [0.1, 0.15) is 0 Å². The average molecular weight is 235 g/mol. The van der Waals surface area contributed by atoms with Crippen LogP contribution in [0.15, 0.2) is 12.5 Å². The summed E-state index contributed by atoms with van der Waals surface area (Å²) < 4.78 is 2.32. The number of aryl methyl sites for hydroxylation is 1. The molecule has 96 valence electrons. The Morgan fingerprint density at radius 3 is 3.00 bits per heavy atom. The number of imidazole rings is 1. The van der Waals surface area contributed by atoms with E-state index in [1.807, 2.05) is 12.5 Å². The molecule has 0 radical (unpaired) electrons. The summed E-state index contributed by atoms with van der Waals surface area (Å²) in [5, 5.41) is 3.44. The van der Waals surface area contributed by atoms with Crippen LogP contribution < -0.4 is 5.32 Å². The van der Waals surface area contributed by atoms with Crippen molar-refractivity contribution in [1.82, 2.24) is 14.9 Å². The second-order valence-electron chi connectivity index (χ2n) is 5.19. The van der Waals surface area contributed by atoms with Gasteiger partial charge in [-0.05, 0) is 25.3 Å². The molecule has 1 aromatic heterocycles. The van der Waals surface area contributed by atoms with Crippen LogP contribution in [0.1, 0.15) is 51.1 Å². The van der Waals surface area contributed by atoms with E-state index in [-0.39, 0.29) is 0 Å². The maximum atomic E-state index is 4.27. The molecule has 3 heteroatoms. The molecule has 1 saturated carbocycles. The summed E-state index contributed by atoms with van der Waals surface area (Å²) in [6, 6.07) is 0. The average Bonchev–Trinajstić information content (AvgIpc) is 2.97. The van der Waals surface area contributed by atoms with Gasteiger partial charge in [-0.2, -0.15) is 0 Å². The Morgan fingerprint density at radius 1 is 1.41 bits per heavy atom. The minimum absolute atomic E-state index is 0.957. The van der Waals surface area contributed by atoms with E-state index in [2.05, 4.69) is 21.8 Å². The SMILES string of the molecule is CCCNCc1cncn1CCC1CCCC1. The molecular formula is C14H25N3. The van der Waals surface area contributed by atoms with Gasteiger partial charge in [0.05, 0.1) is 12.0 Å². The van der Waals surface area contributed by atoms with E-state index >= 15 is 0 Å². The summed E-state index contributed by atoms with van der Waals surface area (Å²) in [5.74, 6) is 0.967. The van der Waals surface area contributed by atoms with Crippen LogP contribution in [0, 0.1) is 5.92 Å². The van der Waals surface area contributed by atoms with Crippen LogP contribution in [0.25, 0.3) is 0 Å². The van der Waals surface area contributed by atoms with Gasteiger partial charge in [-0.25, -0.2) is 4.98 Å². The standard InChI is InChI=1S/C14H25N3/c1-2-8-15-10-14-11-16-12-17(14)9-7-13-5-3-4-6-13/h11-13,15H,2-10H2,1H3. The highest BCUT2D eigenvalue weighted by molar-refractivity contribution is 4.97. The molecule has 1 fully saturated rings. The Balaban J connectivity index is 1.76. The largest absolute Gasteiger partial charge is 0.333 e. The summed E-state index contributed by atoms with van der Waals surface area (Å²) in [4.78, 5) is 4.27. The fourth-order valence-corrected chi connectivity index (χ4v) is 2.71. The summed E-state index contributed by atoms with van der Waals surface area (Å²) in [7, 11) is 0. The Hall–Kier alpha value is -0.830. The number of nitrogens with one attached hydrogen (secondary N) is 1. The van der Waals surface area contributed by atoms with E-state index in [4.69, 9.17) is 0 Å². The van der Waals surface area contributed by atoms with Gasteiger partial charge in [0.2, 0.25) is 0 Å². The maximum Gasteiger partial charge on any atom is 0.0948 e. The molecule has 1 heterocycles. The van der Waals surface area contributed by atoms with Gasteiger partial charge < -0.3 is 9.88 Å². The normalized spacial score (nSPS) is 16.8. The van der Waals surface area contributed by atoms with Gasteiger partial charge >= 0.3 is 0 Å². The monoisotopic (exact) mass is 235 g/mol. The smallest absolute Gasteiger partial charge is 0.0948 e. The third-order valence-corrected chi connectivity index (χ3v) is 3.78. The van der Waals surface area contributed by atoms with E-state index in [1.54, 1.807) is 0 Å². The number of rotatable bonds is 7. The molecule has 1 aliphatic rings. The van der Waals surface area contributed by atoms with Gasteiger partial charge in [0.15, 0.2) is 0 Å². The van der Waals surface area contributed by atoms with E-state index in [9.17, 15) is 0 Å². The highest BCUT2D eigenvalue weighted by Crippen LogP contribution is 2.27. The topological polar surface area (TPSA) is 29.9 Å². The van der Waals surface area contributed by atoms with Gasteiger partial charge in [0.25, 0.3) is 0 Å². The van der Waals surface area contributed by atoms with Crippen molar-refractivity contribution in [2.45, 2.75) is 58.5 Å². The minimum atomic E-state index is 0.957. The molecule has 0 amide bonds. The van der Waals surface area contributed by atoms with Crippen molar-refractivity contribution < 1.29 is 0 Å². The molecule has 1 N–H and O–H groups in total. The zero-order valence-corrected chi connectivity index (χ0v) is 11.0. The van der Waals surface area contributed by atoms with Crippen molar-refractivity contribution in [1.29, 1.82) is 0 Å². The van der Waals surface area contributed by atoms with Crippen molar-refractivity contribution in [3.8, 4) is 0 Å². The first kappa shape index (κ1) is 12.6.